The van der Waals surface area contributed by atoms with E-state index in [1.807, 2.05) is 51.1 Å². The van der Waals surface area contributed by atoms with E-state index in [0.29, 0.717) is 12.2 Å². The van der Waals surface area contributed by atoms with Crippen LogP contribution in [0.1, 0.15) is 26.3 Å². The molecule has 4 nitrogen and oxygen atoms in total. The molecule has 1 rings (SSSR count). The summed E-state index contributed by atoms with van der Waals surface area (Å²) >= 11 is 3.38. The molecule has 0 heterocycles. The van der Waals surface area contributed by atoms with Gasteiger partial charge in [-0.3, -0.25) is 0 Å². The quantitative estimate of drug-likeness (QED) is 0.834. The Morgan fingerprint density at radius 1 is 1.47 bits per heavy atom. The number of carbonyl (C=O) groups is 1. The number of anilines is 1. The predicted octanol–water partition coefficient (Wildman–Crippen LogP) is 3.57. The van der Waals surface area contributed by atoms with Gasteiger partial charge < -0.3 is 15.8 Å². The first-order chi connectivity index (χ1) is 8.78. The maximum atomic E-state index is 11.4. The molecule has 104 valence electrons. The number of ether oxygens (including phenoxy) is 1. The number of rotatable bonds is 3. The van der Waals surface area contributed by atoms with Crippen LogP contribution >= 0.6 is 15.9 Å². The Hall–Kier alpha value is -1.49. The van der Waals surface area contributed by atoms with E-state index in [1.165, 1.54) is 0 Å². The zero-order valence-electron chi connectivity index (χ0n) is 11.4. The van der Waals surface area contributed by atoms with Crippen LogP contribution in [-0.4, -0.2) is 18.2 Å². The van der Waals surface area contributed by atoms with Crippen LogP contribution in [0, 0.1) is 0 Å². The summed E-state index contributed by atoms with van der Waals surface area (Å²) in [6, 6.07) is 5.62. The minimum Gasteiger partial charge on any atom is -0.444 e. The molecule has 5 heteroatoms. The standard InChI is InChI=1S/C14H19BrN2O2/c1-14(2,3)19-13(18)17-8-4-5-10-9-11(15)6-7-12(10)16/h4-7,9H,8,16H2,1-3H3,(H,17,18). The maximum Gasteiger partial charge on any atom is 0.407 e. The largest absolute Gasteiger partial charge is 0.444 e. The number of amides is 1. The van der Waals surface area contributed by atoms with Gasteiger partial charge in [-0.15, -0.1) is 0 Å². The minimum absolute atomic E-state index is 0.390. The van der Waals surface area contributed by atoms with Gasteiger partial charge in [0.25, 0.3) is 0 Å². The highest BCUT2D eigenvalue weighted by Crippen LogP contribution is 2.19. The lowest BCUT2D eigenvalue weighted by Gasteiger charge is -2.19. The zero-order valence-corrected chi connectivity index (χ0v) is 13.0. The summed E-state index contributed by atoms with van der Waals surface area (Å²) in [5.41, 5.74) is 6.94. The van der Waals surface area contributed by atoms with Crippen molar-refractivity contribution in [3.05, 3.63) is 34.3 Å². The van der Waals surface area contributed by atoms with Gasteiger partial charge in [0.05, 0.1) is 0 Å². The summed E-state index contributed by atoms with van der Waals surface area (Å²) in [4.78, 5) is 11.4. The van der Waals surface area contributed by atoms with Crippen LogP contribution in [0.25, 0.3) is 6.08 Å². The van der Waals surface area contributed by atoms with Gasteiger partial charge in [0.1, 0.15) is 5.60 Å². The summed E-state index contributed by atoms with van der Waals surface area (Å²) in [6.45, 7) is 5.86. The summed E-state index contributed by atoms with van der Waals surface area (Å²) in [6.07, 6.45) is 3.25. The van der Waals surface area contributed by atoms with E-state index in [1.54, 1.807) is 0 Å². The van der Waals surface area contributed by atoms with Crippen molar-refractivity contribution in [2.45, 2.75) is 26.4 Å². The lowest BCUT2D eigenvalue weighted by atomic mass is 10.1. The number of nitrogen functional groups attached to an aromatic ring is 1. The molecule has 3 N–H and O–H groups in total. The molecule has 1 aromatic carbocycles. The summed E-state index contributed by atoms with van der Waals surface area (Å²) in [5, 5.41) is 2.64. The molecule has 0 saturated carbocycles. The van der Waals surface area contributed by atoms with Crippen LogP contribution in [0.2, 0.25) is 0 Å². The average Bonchev–Trinajstić information content (AvgIpc) is 2.26. The smallest absolute Gasteiger partial charge is 0.407 e. The first kappa shape index (κ1) is 15.6. The van der Waals surface area contributed by atoms with Crippen molar-refractivity contribution in [1.82, 2.24) is 5.32 Å². The van der Waals surface area contributed by atoms with Crippen molar-refractivity contribution in [1.29, 1.82) is 0 Å². The highest BCUT2D eigenvalue weighted by Gasteiger charge is 2.14. The molecule has 0 aliphatic rings. The first-order valence-electron chi connectivity index (χ1n) is 5.96. The van der Waals surface area contributed by atoms with Gasteiger partial charge in [-0.25, -0.2) is 4.79 Å². The van der Waals surface area contributed by atoms with Crippen LogP contribution in [0.5, 0.6) is 0 Å². The molecule has 0 aromatic heterocycles. The Morgan fingerprint density at radius 3 is 2.79 bits per heavy atom. The second-order valence-corrected chi connectivity index (χ2v) is 5.97. The number of alkyl carbamates (subject to hydrolysis) is 1. The number of nitrogens with one attached hydrogen (secondary N) is 1. The Morgan fingerprint density at radius 2 is 2.16 bits per heavy atom. The number of benzene rings is 1. The number of hydrogen-bond donors (Lipinski definition) is 2. The average molecular weight is 327 g/mol. The van der Waals surface area contributed by atoms with Gasteiger partial charge >= 0.3 is 6.09 Å². The highest BCUT2D eigenvalue weighted by molar-refractivity contribution is 9.10. The van der Waals surface area contributed by atoms with Crippen LogP contribution < -0.4 is 11.1 Å². The van der Waals surface area contributed by atoms with Crippen LogP contribution in [0.4, 0.5) is 10.5 Å². The van der Waals surface area contributed by atoms with Gasteiger partial charge in [0.2, 0.25) is 0 Å². The predicted molar refractivity (Wildman–Crippen MR) is 81.8 cm³/mol. The highest BCUT2D eigenvalue weighted by atomic mass is 79.9. The minimum atomic E-state index is -0.484. The molecular formula is C14H19BrN2O2. The molecule has 19 heavy (non-hydrogen) atoms. The second-order valence-electron chi connectivity index (χ2n) is 5.06. The Kier molecular flexibility index (Phi) is 5.42. The Labute approximate surface area is 122 Å². The first-order valence-corrected chi connectivity index (χ1v) is 6.75. The van der Waals surface area contributed by atoms with Crippen LogP contribution in [-0.2, 0) is 4.74 Å². The normalized spacial score (nSPS) is 11.6. The lowest BCUT2D eigenvalue weighted by molar-refractivity contribution is 0.0534. The maximum absolute atomic E-state index is 11.4. The SMILES string of the molecule is CC(C)(C)OC(=O)NCC=Cc1cc(Br)ccc1N. The third-order valence-electron chi connectivity index (χ3n) is 2.11. The van der Waals surface area contributed by atoms with E-state index < -0.39 is 11.7 Å². The van der Waals surface area contributed by atoms with E-state index in [0.717, 1.165) is 10.0 Å². The van der Waals surface area contributed by atoms with E-state index in [4.69, 9.17) is 10.5 Å². The molecule has 0 bridgehead atoms. The van der Waals surface area contributed by atoms with Crippen LogP contribution in [0.3, 0.4) is 0 Å². The van der Waals surface area contributed by atoms with Crippen LogP contribution in [0.15, 0.2) is 28.7 Å². The topological polar surface area (TPSA) is 64.3 Å². The molecule has 0 aliphatic heterocycles. The van der Waals surface area contributed by atoms with Crippen molar-refractivity contribution >= 4 is 33.8 Å². The third-order valence-corrected chi connectivity index (χ3v) is 2.60. The molecular weight excluding hydrogens is 308 g/mol. The van der Waals surface area contributed by atoms with Crippen molar-refractivity contribution in [2.24, 2.45) is 0 Å². The monoisotopic (exact) mass is 326 g/mol. The summed E-state index contributed by atoms with van der Waals surface area (Å²) < 4.78 is 6.08. The van der Waals surface area contributed by atoms with Gasteiger partial charge in [0, 0.05) is 16.7 Å². The fraction of sp³-hybridized carbons (Fsp3) is 0.357. The Balaban J connectivity index is 2.47. The number of halogens is 1. The summed E-state index contributed by atoms with van der Waals surface area (Å²) in [7, 11) is 0. The van der Waals surface area contributed by atoms with E-state index in [2.05, 4.69) is 21.2 Å². The van der Waals surface area contributed by atoms with E-state index in [-0.39, 0.29) is 0 Å². The molecule has 0 unspecified atom stereocenters. The van der Waals surface area contributed by atoms with Gasteiger partial charge in [0.15, 0.2) is 0 Å². The van der Waals surface area contributed by atoms with Crippen molar-refractivity contribution < 1.29 is 9.53 Å². The van der Waals surface area contributed by atoms with Crippen molar-refractivity contribution in [3.8, 4) is 0 Å². The number of nitrogens with two attached hydrogens (primary N) is 1. The molecule has 0 spiro atoms. The number of hydrogen-bond acceptors (Lipinski definition) is 3. The molecule has 1 amide bonds. The zero-order chi connectivity index (χ0) is 14.5. The number of carbonyl (C=O) groups excluding carboxylic acids is 1. The fourth-order valence-electron chi connectivity index (χ4n) is 1.33. The van der Waals surface area contributed by atoms with Crippen molar-refractivity contribution in [3.63, 3.8) is 0 Å². The summed E-state index contributed by atoms with van der Waals surface area (Å²) in [5.74, 6) is 0. The molecule has 1 aromatic rings. The molecule has 0 saturated heterocycles. The fourth-order valence-corrected chi connectivity index (χ4v) is 1.71. The van der Waals surface area contributed by atoms with Gasteiger partial charge in [-0.1, -0.05) is 28.1 Å². The van der Waals surface area contributed by atoms with E-state index >= 15 is 0 Å². The third kappa shape index (κ3) is 6.29. The van der Waals surface area contributed by atoms with Gasteiger partial charge in [-0.05, 0) is 44.5 Å². The lowest BCUT2D eigenvalue weighted by Crippen LogP contribution is -2.32. The molecule has 0 aliphatic carbocycles. The van der Waals surface area contributed by atoms with Crippen molar-refractivity contribution in [2.75, 3.05) is 12.3 Å². The molecule has 0 fully saturated rings. The Bertz CT molecular complexity index is 479. The molecule has 0 atom stereocenters. The molecule has 0 radical (unpaired) electrons. The van der Waals surface area contributed by atoms with E-state index in [9.17, 15) is 4.79 Å². The second kappa shape index (κ2) is 6.61. The van der Waals surface area contributed by atoms with Gasteiger partial charge in [-0.2, -0.15) is 0 Å².